The van der Waals surface area contributed by atoms with E-state index in [1.54, 1.807) is 0 Å². The summed E-state index contributed by atoms with van der Waals surface area (Å²) in [6.45, 7) is 7.83. The lowest BCUT2D eigenvalue weighted by molar-refractivity contribution is -0.126. The number of rotatable bonds is 6. The SMILES string of the molecule is CC(C)CC[C@@H]1C(O)=C(C(=O)CC(C)C)C(=O)C1O. The first kappa shape index (κ1) is 15.9. The molecule has 0 aromatic carbocycles. The van der Waals surface area contributed by atoms with E-state index in [9.17, 15) is 19.8 Å². The Labute approximate surface area is 114 Å². The van der Waals surface area contributed by atoms with Crippen molar-refractivity contribution in [3.8, 4) is 0 Å². The molecule has 0 heterocycles. The molecule has 0 amide bonds. The molecule has 1 unspecified atom stereocenters. The molecule has 19 heavy (non-hydrogen) atoms. The smallest absolute Gasteiger partial charge is 0.198 e. The van der Waals surface area contributed by atoms with Crippen LogP contribution < -0.4 is 0 Å². The molecular weight excluding hydrogens is 244 g/mol. The minimum atomic E-state index is -1.26. The summed E-state index contributed by atoms with van der Waals surface area (Å²) in [6.07, 6.45) is 0.277. The second-order valence-electron chi connectivity index (χ2n) is 6.17. The zero-order chi connectivity index (χ0) is 14.7. The largest absolute Gasteiger partial charge is 0.511 e. The van der Waals surface area contributed by atoms with E-state index in [1.165, 1.54) is 0 Å². The minimum absolute atomic E-state index is 0.118. The van der Waals surface area contributed by atoms with Crippen molar-refractivity contribution in [3.63, 3.8) is 0 Å². The molecule has 4 nitrogen and oxygen atoms in total. The Morgan fingerprint density at radius 3 is 2.26 bits per heavy atom. The van der Waals surface area contributed by atoms with Gasteiger partial charge in [-0.3, -0.25) is 9.59 Å². The van der Waals surface area contributed by atoms with Gasteiger partial charge in [0.1, 0.15) is 17.4 Å². The molecule has 0 bridgehead atoms. The Hall–Kier alpha value is -1.16. The molecule has 1 aliphatic carbocycles. The molecule has 0 saturated carbocycles. The number of aliphatic hydroxyl groups is 2. The highest BCUT2D eigenvalue weighted by atomic mass is 16.3. The summed E-state index contributed by atoms with van der Waals surface area (Å²) >= 11 is 0. The van der Waals surface area contributed by atoms with Crippen LogP contribution >= 0.6 is 0 Å². The van der Waals surface area contributed by atoms with E-state index in [0.29, 0.717) is 12.3 Å². The van der Waals surface area contributed by atoms with Crippen LogP contribution in [0.15, 0.2) is 11.3 Å². The first-order valence-corrected chi connectivity index (χ1v) is 6.94. The molecule has 2 atom stereocenters. The highest BCUT2D eigenvalue weighted by Crippen LogP contribution is 2.33. The third-order valence-electron chi connectivity index (χ3n) is 3.43. The molecule has 0 aromatic heterocycles. The summed E-state index contributed by atoms with van der Waals surface area (Å²) in [6, 6.07) is 0. The van der Waals surface area contributed by atoms with Crippen molar-refractivity contribution in [3.05, 3.63) is 11.3 Å². The summed E-state index contributed by atoms with van der Waals surface area (Å²) in [5.41, 5.74) is -0.171. The number of Topliss-reactive ketones (excluding diaryl/α,β-unsaturated/α-hetero) is 2. The van der Waals surface area contributed by atoms with Gasteiger partial charge in [0.25, 0.3) is 0 Å². The Kier molecular flexibility index (Phi) is 5.29. The fourth-order valence-electron chi connectivity index (χ4n) is 2.35. The zero-order valence-electron chi connectivity index (χ0n) is 12.1. The van der Waals surface area contributed by atoms with Crippen LogP contribution in [0.5, 0.6) is 0 Å². The van der Waals surface area contributed by atoms with Gasteiger partial charge in [0.05, 0.1) is 5.92 Å². The highest BCUT2D eigenvalue weighted by Gasteiger charge is 2.43. The molecule has 2 N–H and O–H groups in total. The molecule has 0 fully saturated rings. The summed E-state index contributed by atoms with van der Waals surface area (Å²) in [5, 5.41) is 20.0. The maximum Gasteiger partial charge on any atom is 0.198 e. The summed E-state index contributed by atoms with van der Waals surface area (Å²) < 4.78 is 0. The van der Waals surface area contributed by atoms with E-state index in [4.69, 9.17) is 0 Å². The maximum absolute atomic E-state index is 12.0. The molecule has 0 aliphatic heterocycles. The van der Waals surface area contributed by atoms with Crippen LogP contribution in [0, 0.1) is 17.8 Å². The average molecular weight is 268 g/mol. The summed E-state index contributed by atoms with van der Waals surface area (Å²) in [5.74, 6) is -1.25. The van der Waals surface area contributed by atoms with Crippen LogP contribution in [0.25, 0.3) is 0 Å². The third-order valence-corrected chi connectivity index (χ3v) is 3.43. The van der Waals surface area contributed by atoms with E-state index < -0.39 is 17.8 Å². The fourth-order valence-corrected chi connectivity index (χ4v) is 2.35. The van der Waals surface area contributed by atoms with Crippen LogP contribution in [0.2, 0.25) is 0 Å². The predicted octanol–water partition coefficient (Wildman–Crippen LogP) is 2.41. The fraction of sp³-hybridized carbons (Fsp3) is 0.733. The van der Waals surface area contributed by atoms with E-state index >= 15 is 0 Å². The van der Waals surface area contributed by atoms with Crippen molar-refractivity contribution >= 4 is 11.6 Å². The number of aliphatic hydroxyl groups excluding tert-OH is 2. The number of hydrogen-bond donors (Lipinski definition) is 2. The van der Waals surface area contributed by atoms with Gasteiger partial charge in [-0.05, 0) is 18.3 Å². The van der Waals surface area contributed by atoms with Gasteiger partial charge < -0.3 is 10.2 Å². The van der Waals surface area contributed by atoms with Gasteiger partial charge in [-0.15, -0.1) is 0 Å². The van der Waals surface area contributed by atoms with Gasteiger partial charge in [0, 0.05) is 6.42 Å². The molecule has 0 spiro atoms. The van der Waals surface area contributed by atoms with Crippen molar-refractivity contribution in [1.29, 1.82) is 0 Å². The molecule has 0 aromatic rings. The van der Waals surface area contributed by atoms with E-state index in [2.05, 4.69) is 0 Å². The zero-order valence-corrected chi connectivity index (χ0v) is 12.1. The standard InChI is InChI=1S/C15H24O4/c1-8(2)5-6-10-13(17)12(15(19)14(10)18)11(16)7-9(3)4/h8-10,14,17-18H,5-7H2,1-4H3/t10-,14?/m1/s1. The second-order valence-corrected chi connectivity index (χ2v) is 6.17. The molecular formula is C15H24O4. The van der Waals surface area contributed by atoms with Gasteiger partial charge in [-0.25, -0.2) is 0 Å². The van der Waals surface area contributed by atoms with Crippen LogP contribution in [0.3, 0.4) is 0 Å². The Morgan fingerprint density at radius 1 is 1.21 bits per heavy atom. The molecule has 1 rings (SSSR count). The minimum Gasteiger partial charge on any atom is -0.511 e. The van der Waals surface area contributed by atoms with Crippen LogP contribution in [0.4, 0.5) is 0 Å². The van der Waals surface area contributed by atoms with Gasteiger partial charge in [0.2, 0.25) is 0 Å². The van der Waals surface area contributed by atoms with Crippen LogP contribution in [-0.4, -0.2) is 27.9 Å². The number of ketones is 2. The lowest BCUT2D eigenvalue weighted by Gasteiger charge is -2.15. The maximum atomic E-state index is 12.0. The average Bonchev–Trinajstić information content (AvgIpc) is 2.47. The molecule has 0 radical (unpaired) electrons. The first-order chi connectivity index (χ1) is 8.75. The highest BCUT2D eigenvalue weighted by molar-refractivity contribution is 6.23. The second kappa shape index (κ2) is 6.33. The van der Waals surface area contributed by atoms with E-state index in [1.807, 2.05) is 27.7 Å². The quantitative estimate of drug-likeness (QED) is 0.725. The monoisotopic (exact) mass is 268 g/mol. The van der Waals surface area contributed by atoms with E-state index in [0.717, 1.165) is 6.42 Å². The van der Waals surface area contributed by atoms with Crippen molar-refractivity contribution in [2.75, 3.05) is 0 Å². The van der Waals surface area contributed by atoms with Gasteiger partial charge in [-0.2, -0.15) is 0 Å². The Bertz CT molecular complexity index is 393. The number of carbonyl (C=O) groups excluding carboxylic acids is 2. The molecule has 4 heteroatoms. The lowest BCUT2D eigenvalue weighted by atomic mass is 9.94. The topological polar surface area (TPSA) is 74.6 Å². The summed E-state index contributed by atoms with van der Waals surface area (Å²) in [4.78, 5) is 23.9. The first-order valence-electron chi connectivity index (χ1n) is 6.94. The van der Waals surface area contributed by atoms with Crippen molar-refractivity contribution < 1.29 is 19.8 Å². The van der Waals surface area contributed by atoms with Crippen LogP contribution in [-0.2, 0) is 9.59 Å². The predicted molar refractivity (Wildman–Crippen MR) is 72.7 cm³/mol. The van der Waals surface area contributed by atoms with E-state index in [-0.39, 0.29) is 29.5 Å². The van der Waals surface area contributed by atoms with Gasteiger partial charge in [0.15, 0.2) is 11.6 Å². The van der Waals surface area contributed by atoms with Crippen LogP contribution in [0.1, 0.15) is 47.0 Å². The normalized spacial score (nSPS) is 23.8. The lowest BCUT2D eigenvalue weighted by Crippen LogP contribution is -2.25. The summed E-state index contributed by atoms with van der Waals surface area (Å²) in [7, 11) is 0. The molecule has 108 valence electrons. The Balaban J connectivity index is 2.89. The molecule has 1 aliphatic rings. The van der Waals surface area contributed by atoms with Gasteiger partial charge in [-0.1, -0.05) is 34.1 Å². The van der Waals surface area contributed by atoms with Crippen molar-refractivity contribution in [1.82, 2.24) is 0 Å². The van der Waals surface area contributed by atoms with Crippen molar-refractivity contribution in [2.24, 2.45) is 17.8 Å². The third kappa shape index (κ3) is 3.66. The molecule has 0 saturated heterocycles. The van der Waals surface area contributed by atoms with Crippen molar-refractivity contribution in [2.45, 2.75) is 53.1 Å². The van der Waals surface area contributed by atoms with Gasteiger partial charge >= 0.3 is 0 Å². The Morgan fingerprint density at radius 2 is 1.79 bits per heavy atom. The number of hydrogen-bond acceptors (Lipinski definition) is 4. The number of carbonyl (C=O) groups is 2.